The van der Waals surface area contributed by atoms with Gasteiger partial charge in [0.15, 0.2) is 0 Å². The third kappa shape index (κ3) is 4.61. The molecule has 0 radical (unpaired) electrons. The van der Waals surface area contributed by atoms with Crippen LogP contribution in [0.4, 0.5) is 0 Å². The number of hydrogen-bond donors (Lipinski definition) is 1. The second kappa shape index (κ2) is 8.48. The van der Waals surface area contributed by atoms with Crippen molar-refractivity contribution in [1.29, 1.82) is 0 Å². The molecule has 0 aliphatic heterocycles. The van der Waals surface area contributed by atoms with Crippen LogP contribution in [0.3, 0.4) is 0 Å². The van der Waals surface area contributed by atoms with E-state index in [1.54, 1.807) is 7.11 Å². The zero-order valence-electron chi connectivity index (χ0n) is 13.0. The molecule has 112 valence electrons. The van der Waals surface area contributed by atoms with Gasteiger partial charge < -0.3 is 10.1 Å². The minimum absolute atomic E-state index is 0.358. The summed E-state index contributed by atoms with van der Waals surface area (Å²) >= 11 is 0. The van der Waals surface area contributed by atoms with E-state index in [1.165, 1.54) is 11.1 Å². The first-order valence-corrected chi connectivity index (χ1v) is 7.75. The summed E-state index contributed by atoms with van der Waals surface area (Å²) in [6, 6.07) is 19.3. The number of hydrogen-bond acceptors (Lipinski definition) is 2. The van der Waals surface area contributed by atoms with E-state index in [9.17, 15) is 0 Å². The number of para-hydroxylation sites is 1. The van der Waals surface area contributed by atoms with E-state index < -0.39 is 0 Å². The quantitative estimate of drug-likeness (QED) is 0.726. The van der Waals surface area contributed by atoms with E-state index in [2.05, 4.69) is 54.7 Å². The second-order valence-electron chi connectivity index (χ2n) is 5.25. The van der Waals surface area contributed by atoms with Crippen molar-refractivity contribution >= 4 is 0 Å². The maximum absolute atomic E-state index is 5.46. The van der Waals surface area contributed by atoms with Crippen LogP contribution < -0.4 is 10.1 Å². The molecule has 21 heavy (non-hydrogen) atoms. The van der Waals surface area contributed by atoms with Crippen LogP contribution in [0.15, 0.2) is 54.6 Å². The average molecular weight is 283 g/mol. The van der Waals surface area contributed by atoms with Crippen molar-refractivity contribution in [3.63, 3.8) is 0 Å². The van der Waals surface area contributed by atoms with Gasteiger partial charge in [-0.25, -0.2) is 0 Å². The molecule has 2 heteroatoms. The number of rotatable bonds is 8. The highest BCUT2D eigenvalue weighted by atomic mass is 16.5. The van der Waals surface area contributed by atoms with Gasteiger partial charge in [0.1, 0.15) is 5.75 Å². The van der Waals surface area contributed by atoms with Gasteiger partial charge in [-0.05, 0) is 37.4 Å². The maximum Gasteiger partial charge on any atom is 0.123 e. The maximum atomic E-state index is 5.46. The van der Waals surface area contributed by atoms with Gasteiger partial charge in [-0.3, -0.25) is 0 Å². The van der Waals surface area contributed by atoms with Crippen molar-refractivity contribution < 1.29 is 4.74 Å². The summed E-state index contributed by atoms with van der Waals surface area (Å²) < 4.78 is 5.46. The normalized spacial score (nSPS) is 12.1. The highest BCUT2D eigenvalue weighted by Crippen LogP contribution is 2.26. The Kier molecular flexibility index (Phi) is 6.29. The van der Waals surface area contributed by atoms with Crippen molar-refractivity contribution in [2.45, 2.75) is 32.2 Å². The Balaban J connectivity index is 1.85. The molecule has 0 aliphatic rings. The van der Waals surface area contributed by atoms with E-state index in [1.807, 2.05) is 12.1 Å². The van der Waals surface area contributed by atoms with E-state index in [4.69, 9.17) is 4.74 Å². The molecule has 1 N–H and O–H groups in total. The molecule has 1 unspecified atom stereocenters. The van der Waals surface area contributed by atoms with Gasteiger partial charge in [-0.1, -0.05) is 55.5 Å². The first-order valence-electron chi connectivity index (χ1n) is 7.75. The SMILES string of the molecule is CCC(NCCCc1ccccc1)c1ccccc1OC. The molecular weight excluding hydrogens is 258 g/mol. The molecule has 0 aromatic heterocycles. The summed E-state index contributed by atoms with van der Waals surface area (Å²) in [6.07, 6.45) is 3.33. The number of aryl methyl sites for hydroxylation is 1. The lowest BCUT2D eigenvalue weighted by Gasteiger charge is -2.20. The molecule has 2 aromatic carbocycles. The largest absolute Gasteiger partial charge is 0.496 e. The van der Waals surface area contributed by atoms with Crippen molar-refractivity contribution in [2.75, 3.05) is 13.7 Å². The third-order valence-corrected chi connectivity index (χ3v) is 3.80. The molecule has 0 bridgehead atoms. The molecule has 2 rings (SSSR count). The molecule has 0 heterocycles. The Morgan fingerprint density at radius 1 is 1.00 bits per heavy atom. The smallest absolute Gasteiger partial charge is 0.123 e. The summed E-state index contributed by atoms with van der Waals surface area (Å²) in [5, 5.41) is 3.65. The molecule has 0 aliphatic carbocycles. The van der Waals surface area contributed by atoms with Gasteiger partial charge in [-0.15, -0.1) is 0 Å². The van der Waals surface area contributed by atoms with Crippen LogP contribution in [0.25, 0.3) is 0 Å². The Labute approximate surface area is 128 Å². The van der Waals surface area contributed by atoms with Crippen molar-refractivity contribution in [3.05, 3.63) is 65.7 Å². The Bertz CT molecular complexity index is 524. The summed E-state index contributed by atoms with van der Waals surface area (Å²) in [5.41, 5.74) is 2.66. The summed E-state index contributed by atoms with van der Waals surface area (Å²) in [4.78, 5) is 0. The molecule has 0 spiro atoms. The molecule has 0 saturated carbocycles. The van der Waals surface area contributed by atoms with Gasteiger partial charge in [-0.2, -0.15) is 0 Å². The molecule has 2 nitrogen and oxygen atoms in total. The van der Waals surface area contributed by atoms with Crippen LogP contribution in [0.2, 0.25) is 0 Å². The Morgan fingerprint density at radius 3 is 2.43 bits per heavy atom. The fraction of sp³-hybridized carbons (Fsp3) is 0.368. The summed E-state index contributed by atoms with van der Waals surface area (Å²) in [7, 11) is 1.74. The summed E-state index contributed by atoms with van der Waals surface area (Å²) in [6.45, 7) is 3.23. The predicted octanol–water partition coefficient (Wildman–Crippen LogP) is 4.37. The minimum Gasteiger partial charge on any atom is -0.496 e. The van der Waals surface area contributed by atoms with Crippen LogP contribution in [0.1, 0.15) is 36.9 Å². The molecular formula is C19H25NO. The van der Waals surface area contributed by atoms with Crippen LogP contribution >= 0.6 is 0 Å². The highest BCUT2D eigenvalue weighted by molar-refractivity contribution is 5.35. The van der Waals surface area contributed by atoms with Crippen LogP contribution in [0, 0.1) is 0 Å². The van der Waals surface area contributed by atoms with Crippen LogP contribution in [0.5, 0.6) is 5.75 Å². The number of ether oxygens (including phenoxy) is 1. The molecule has 0 fully saturated rings. The van der Waals surface area contributed by atoms with Gasteiger partial charge in [0.2, 0.25) is 0 Å². The van der Waals surface area contributed by atoms with Gasteiger partial charge in [0.25, 0.3) is 0 Å². The van der Waals surface area contributed by atoms with E-state index >= 15 is 0 Å². The second-order valence-corrected chi connectivity index (χ2v) is 5.25. The standard InChI is InChI=1S/C19H25NO/c1-3-18(17-13-7-8-14-19(17)21-2)20-15-9-12-16-10-5-4-6-11-16/h4-8,10-11,13-14,18,20H,3,9,12,15H2,1-2H3. The zero-order chi connectivity index (χ0) is 14.9. The lowest BCUT2D eigenvalue weighted by molar-refractivity contribution is 0.396. The van der Waals surface area contributed by atoms with Gasteiger partial charge in [0.05, 0.1) is 7.11 Å². The number of nitrogens with one attached hydrogen (secondary N) is 1. The predicted molar refractivity (Wildman–Crippen MR) is 88.8 cm³/mol. The fourth-order valence-corrected chi connectivity index (χ4v) is 2.64. The Morgan fingerprint density at radius 2 is 1.71 bits per heavy atom. The average Bonchev–Trinajstić information content (AvgIpc) is 2.56. The van der Waals surface area contributed by atoms with Crippen molar-refractivity contribution in [3.8, 4) is 5.75 Å². The van der Waals surface area contributed by atoms with E-state index in [-0.39, 0.29) is 0 Å². The number of benzene rings is 2. The molecule has 0 saturated heterocycles. The zero-order valence-corrected chi connectivity index (χ0v) is 13.0. The Hall–Kier alpha value is -1.80. The first kappa shape index (κ1) is 15.6. The van der Waals surface area contributed by atoms with E-state index in [0.29, 0.717) is 6.04 Å². The first-order chi connectivity index (χ1) is 10.3. The number of methoxy groups -OCH3 is 1. The molecule has 2 aromatic rings. The lowest BCUT2D eigenvalue weighted by atomic mass is 10.0. The topological polar surface area (TPSA) is 21.3 Å². The molecule has 0 amide bonds. The van der Waals surface area contributed by atoms with E-state index in [0.717, 1.165) is 31.6 Å². The van der Waals surface area contributed by atoms with Crippen LogP contribution in [-0.4, -0.2) is 13.7 Å². The summed E-state index contributed by atoms with van der Waals surface area (Å²) in [5.74, 6) is 0.972. The third-order valence-electron chi connectivity index (χ3n) is 3.80. The monoisotopic (exact) mass is 283 g/mol. The highest BCUT2D eigenvalue weighted by Gasteiger charge is 2.12. The van der Waals surface area contributed by atoms with Crippen LogP contribution in [-0.2, 0) is 6.42 Å². The van der Waals surface area contributed by atoms with Gasteiger partial charge >= 0.3 is 0 Å². The lowest BCUT2D eigenvalue weighted by Crippen LogP contribution is -2.22. The fourth-order valence-electron chi connectivity index (χ4n) is 2.64. The molecule has 1 atom stereocenters. The van der Waals surface area contributed by atoms with Crippen molar-refractivity contribution in [1.82, 2.24) is 5.32 Å². The van der Waals surface area contributed by atoms with Gasteiger partial charge in [0, 0.05) is 11.6 Å². The minimum atomic E-state index is 0.358. The van der Waals surface area contributed by atoms with Crippen molar-refractivity contribution in [2.24, 2.45) is 0 Å².